The lowest BCUT2D eigenvalue weighted by molar-refractivity contribution is -0.384. The van der Waals surface area contributed by atoms with Crippen LogP contribution in [0.15, 0.2) is 42.5 Å². The number of nitro benzene ring substituents is 1. The van der Waals surface area contributed by atoms with Gasteiger partial charge in [-0.15, -0.1) is 0 Å². The Kier molecular flexibility index (Phi) is 7.91. The van der Waals surface area contributed by atoms with E-state index in [2.05, 4.69) is 5.32 Å². The molecular weight excluding hydrogens is 423 g/mol. The molecule has 2 rings (SSSR count). The summed E-state index contributed by atoms with van der Waals surface area (Å²) in [6, 6.07) is 7.83. The number of methoxy groups -OCH3 is 1. The van der Waals surface area contributed by atoms with Gasteiger partial charge in [0.25, 0.3) is 11.6 Å². The topological polar surface area (TPSA) is 120 Å². The van der Waals surface area contributed by atoms with Crippen molar-refractivity contribution in [2.24, 2.45) is 0 Å². The standard InChI is InChI=1S/C19H18F3N3O6/c1-30-9-8-23-15-7-6-12(10-16(15)25(28)29)18(27)31-11-17(26)24-14-5-3-2-4-13(14)19(20,21)22/h2-7,10,23H,8-9,11H2,1H3,(H,24,26). The van der Waals surface area contributed by atoms with Gasteiger partial charge in [-0.1, -0.05) is 12.1 Å². The lowest BCUT2D eigenvalue weighted by atomic mass is 10.1. The van der Waals surface area contributed by atoms with E-state index >= 15 is 0 Å². The number of amides is 1. The smallest absolute Gasteiger partial charge is 0.418 e. The second-order valence-corrected chi connectivity index (χ2v) is 6.08. The molecule has 1 amide bonds. The van der Waals surface area contributed by atoms with Gasteiger partial charge < -0.3 is 20.1 Å². The second-order valence-electron chi connectivity index (χ2n) is 6.08. The molecule has 0 fully saturated rings. The molecule has 166 valence electrons. The lowest BCUT2D eigenvalue weighted by Crippen LogP contribution is -2.22. The molecule has 2 aromatic rings. The summed E-state index contributed by atoms with van der Waals surface area (Å²) in [5, 5.41) is 16.0. The summed E-state index contributed by atoms with van der Waals surface area (Å²) in [5.41, 5.74) is -1.98. The van der Waals surface area contributed by atoms with Crippen LogP contribution < -0.4 is 10.6 Å². The van der Waals surface area contributed by atoms with Crippen molar-refractivity contribution in [3.63, 3.8) is 0 Å². The van der Waals surface area contributed by atoms with Gasteiger partial charge in [-0.2, -0.15) is 13.2 Å². The summed E-state index contributed by atoms with van der Waals surface area (Å²) in [7, 11) is 1.47. The number of carbonyl (C=O) groups is 2. The third kappa shape index (κ3) is 6.67. The lowest BCUT2D eigenvalue weighted by Gasteiger charge is -2.13. The Balaban J connectivity index is 2.03. The molecule has 0 aliphatic carbocycles. The van der Waals surface area contributed by atoms with Gasteiger partial charge in [0.15, 0.2) is 6.61 Å². The number of hydrogen-bond donors (Lipinski definition) is 2. The highest BCUT2D eigenvalue weighted by Crippen LogP contribution is 2.34. The van der Waals surface area contributed by atoms with Gasteiger partial charge >= 0.3 is 12.1 Å². The maximum atomic E-state index is 13.0. The summed E-state index contributed by atoms with van der Waals surface area (Å²) in [6.07, 6.45) is -4.68. The average molecular weight is 441 g/mol. The number of nitro groups is 1. The van der Waals surface area contributed by atoms with Crippen molar-refractivity contribution in [2.45, 2.75) is 6.18 Å². The number of alkyl halides is 3. The van der Waals surface area contributed by atoms with E-state index in [4.69, 9.17) is 9.47 Å². The van der Waals surface area contributed by atoms with Crippen LogP contribution >= 0.6 is 0 Å². The fraction of sp³-hybridized carbons (Fsp3) is 0.263. The molecule has 0 saturated carbocycles. The van der Waals surface area contributed by atoms with E-state index in [0.29, 0.717) is 13.2 Å². The van der Waals surface area contributed by atoms with E-state index in [9.17, 15) is 32.9 Å². The van der Waals surface area contributed by atoms with Crippen LogP contribution in [0.2, 0.25) is 0 Å². The van der Waals surface area contributed by atoms with Crippen LogP contribution in [0.25, 0.3) is 0 Å². The maximum Gasteiger partial charge on any atom is 0.418 e. The summed E-state index contributed by atoms with van der Waals surface area (Å²) < 4.78 is 48.5. The number of benzene rings is 2. The van der Waals surface area contributed by atoms with Crippen molar-refractivity contribution in [2.75, 3.05) is 37.5 Å². The third-order valence-electron chi connectivity index (χ3n) is 3.89. The first-order chi connectivity index (χ1) is 14.6. The van der Waals surface area contributed by atoms with Crippen LogP contribution in [-0.4, -0.2) is 43.7 Å². The number of hydrogen-bond acceptors (Lipinski definition) is 7. The highest BCUT2D eigenvalue weighted by molar-refractivity contribution is 5.96. The van der Waals surface area contributed by atoms with Crippen LogP contribution in [0.1, 0.15) is 15.9 Å². The molecule has 0 saturated heterocycles. The Hall–Kier alpha value is -3.67. The first-order valence-corrected chi connectivity index (χ1v) is 8.78. The fourth-order valence-electron chi connectivity index (χ4n) is 2.49. The van der Waals surface area contributed by atoms with Crippen molar-refractivity contribution in [3.8, 4) is 0 Å². The molecule has 0 bridgehead atoms. The Morgan fingerprint density at radius 2 is 1.84 bits per heavy atom. The van der Waals surface area contributed by atoms with E-state index in [0.717, 1.165) is 18.2 Å². The Morgan fingerprint density at radius 3 is 2.48 bits per heavy atom. The number of carbonyl (C=O) groups excluding carboxylic acids is 2. The predicted octanol–water partition coefficient (Wildman–Crippen LogP) is 3.47. The molecule has 12 heteroatoms. The summed E-state index contributed by atoms with van der Waals surface area (Å²) in [5.74, 6) is -2.05. The van der Waals surface area contributed by atoms with Crippen LogP contribution in [-0.2, 0) is 20.4 Å². The first kappa shape index (κ1) is 23.6. The van der Waals surface area contributed by atoms with Gasteiger partial charge in [-0.05, 0) is 24.3 Å². The highest BCUT2D eigenvalue weighted by atomic mass is 19.4. The van der Waals surface area contributed by atoms with Gasteiger partial charge in [-0.3, -0.25) is 14.9 Å². The molecular formula is C19H18F3N3O6. The van der Waals surface area contributed by atoms with Gasteiger partial charge in [0, 0.05) is 19.7 Å². The van der Waals surface area contributed by atoms with Crippen molar-refractivity contribution >= 4 is 28.9 Å². The van der Waals surface area contributed by atoms with Gasteiger partial charge in [0.1, 0.15) is 5.69 Å². The molecule has 0 atom stereocenters. The van der Waals surface area contributed by atoms with Gasteiger partial charge in [0.05, 0.1) is 28.3 Å². The minimum absolute atomic E-state index is 0.153. The van der Waals surface area contributed by atoms with E-state index in [1.165, 1.54) is 31.4 Å². The zero-order chi connectivity index (χ0) is 23.0. The normalized spacial score (nSPS) is 11.0. The number of esters is 1. The number of halogens is 3. The molecule has 0 aliphatic heterocycles. The number of anilines is 2. The van der Waals surface area contributed by atoms with Crippen molar-refractivity contribution in [3.05, 3.63) is 63.7 Å². The fourth-order valence-corrected chi connectivity index (χ4v) is 2.49. The number of nitrogens with one attached hydrogen (secondary N) is 2. The highest BCUT2D eigenvalue weighted by Gasteiger charge is 2.33. The van der Waals surface area contributed by atoms with Crippen molar-refractivity contribution in [1.29, 1.82) is 0 Å². The first-order valence-electron chi connectivity index (χ1n) is 8.78. The summed E-state index contributed by atoms with van der Waals surface area (Å²) in [6.45, 7) is -0.291. The van der Waals surface area contributed by atoms with Crippen LogP contribution in [0.3, 0.4) is 0 Å². The number of ether oxygens (including phenoxy) is 2. The molecule has 0 unspecified atom stereocenters. The predicted molar refractivity (Wildman–Crippen MR) is 104 cm³/mol. The minimum Gasteiger partial charge on any atom is -0.452 e. The molecule has 0 aliphatic rings. The summed E-state index contributed by atoms with van der Waals surface area (Å²) in [4.78, 5) is 34.6. The Labute approximate surface area is 174 Å². The van der Waals surface area contributed by atoms with Crippen molar-refractivity contribution < 1.29 is 37.2 Å². The number of para-hydroxylation sites is 1. The van der Waals surface area contributed by atoms with E-state index in [-0.39, 0.29) is 11.3 Å². The average Bonchev–Trinajstić information content (AvgIpc) is 2.72. The quantitative estimate of drug-likeness (QED) is 0.265. The molecule has 2 aromatic carbocycles. The number of rotatable bonds is 9. The van der Waals surface area contributed by atoms with E-state index < -0.39 is 46.5 Å². The monoisotopic (exact) mass is 441 g/mol. The Bertz CT molecular complexity index is 965. The SMILES string of the molecule is COCCNc1ccc(C(=O)OCC(=O)Nc2ccccc2C(F)(F)F)cc1[N+](=O)[O-]. The van der Waals surface area contributed by atoms with Crippen molar-refractivity contribution in [1.82, 2.24) is 0 Å². The second kappa shape index (κ2) is 10.4. The molecule has 9 nitrogen and oxygen atoms in total. The summed E-state index contributed by atoms with van der Waals surface area (Å²) >= 11 is 0. The molecule has 0 heterocycles. The van der Waals surface area contributed by atoms with E-state index in [1.54, 1.807) is 0 Å². The minimum atomic E-state index is -4.68. The van der Waals surface area contributed by atoms with Crippen LogP contribution in [0.5, 0.6) is 0 Å². The van der Waals surface area contributed by atoms with Crippen LogP contribution in [0, 0.1) is 10.1 Å². The molecule has 31 heavy (non-hydrogen) atoms. The van der Waals surface area contributed by atoms with Crippen LogP contribution in [0.4, 0.5) is 30.2 Å². The molecule has 0 aromatic heterocycles. The molecule has 2 N–H and O–H groups in total. The molecule has 0 spiro atoms. The molecule has 0 radical (unpaired) electrons. The number of nitrogens with zero attached hydrogens (tertiary/aromatic N) is 1. The maximum absolute atomic E-state index is 13.0. The zero-order valence-corrected chi connectivity index (χ0v) is 16.2. The van der Waals surface area contributed by atoms with Gasteiger partial charge in [-0.25, -0.2) is 4.79 Å². The Morgan fingerprint density at radius 1 is 1.13 bits per heavy atom. The van der Waals surface area contributed by atoms with E-state index in [1.807, 2.05) is 5.32 Å². The zero-order valence-electron chi connectivity index (χ0n) is 16.2. The van der Waals surface area contributed by atoms with Gasteiger partial charge in [0.2, 0.25) is 0 Å². The third-order valence-corrected chi connectivity index (χ3v) is 3.89. The largest absolute Gasteiger partial charge is 0.452 e.